The van der Waals surface area contributed by atoms with Gasteiger partial charge in [-0.25, -0.2) is 22.9 Å². The number of rotatable bonds is 4. The quantitative estimate of drug-likeness (QED) is 0.904. The molecule has 124 valence electrons. The van der Waals surface area contributed by atoms with Crippen molar-refractivity contribution in [2.45, 2.75) is 23.2 Å². The lowest BCUT2D eigenvalue weighted by Gasteiger charge is -2.31. The first-order valence-electron chi connectivity index (χ1n) is 7.07. The molecule has 0 bridgehead atoms. The van der Waals surface area contributed by atoms with E-state index in [2.05, 4.69) is 4.98 Å². The maximum Gasteiger partial charge on any atom is 0.249 e. The van der Waals surface area contributed by atoms with Gasteiger partial charge in [-0.3, -0.25) is 0 Å². The zero-order valence-corrected chi connectivity index (χ0v) is 13.8. The normalized spacial score (nSPS) is 16.5. The molecular formula is C14H16FN3O3S2. The Balaban J connectivity index is 1.58. The van der Waals surface area contributed by atoms with Crippen LogP contribution in [-0.4, -0.2) is 32.6 Å². The van der Waals surface area contributed by atoms with Gasteiger partial charge in [0.15, 0.2) is 9.34 Å². The van der Waals surface area contributed by atoms with Crippen LogP contribution in [0, 0.1) is 5.82 Å². The summed E-state index contributed by atoms with van der Waals surface area (Å²) in [5.74, 6) is 0.359. The molecule has 2 heterocycles. The second kappa shape index (κ2) is 6.42. The van der Waals surface area contributed by atoms with Gasteiger partial charge in [-0.1, -0.05) is 11.3 Å². The van der Waals surface area contributed by atoms with E-state index in [0.717, 1.165) is 24.2 Å². The number of piperidine rings is 1. The SMILES string of the molecule is NS(=O)(=O)c1cnc(N2CCC(Oc3ccc(F)cc3)CC2)s1. The fourth-order valence-corrected chi connectivity index (χ4v) is 3.99. The second-order valence-electron chi connectivity index (χ2n) is 5.27. The number of benzene rings is 1. The van der Waals surface area contributed by atoms with Gasteiger partial charge in [-0.05, 0) is 24.3 Å². The molecule has 0 aliphatic carbocycles. The molecule has 1 aliphatic heterocycles. The van der Waals surface area contributed by atoms with E-state index < -0.39 is 10.0 Å². The number of nitrogens with zero attached hydrogens (tertiary/aromatic N) is 2. The summed E-state index contributed by atoms with van der Waals surface area (Å²) < 4.78 is 41.3. The summed E-state index contributed by atoms with van der Waals surface area (Å²) in [7, 11) is -3.70. The van der Waals surface area contributed by atoms with Crippen molar-refractivity contribution >= 4 is 26.5 Å². The first kappa shape index (κ1) is 16.2. The summed E-state index contributed by atoms with van der Waals surface area (Å²) in [6.07, 6.45) is 2.90. The third-order valence-corrected chi connectivity index (χ3v) is 6.05. The van der Waals surface area contributed by atoms with Gasteiger partial charge in [0.2, 0.25) is 10.0 Å². The Hall–Kier alpha value is -1.71. The first-order valence-corrected chi connectivity index (χ1v) is 9.44. The molecule has 1 aliphatic rings. The Labute approximate surface area is 137 Å². The highest BCUT2D eigenvalue weighted by Crippen LogP contribution is 2.28. The van der Waals surface area contributed by atoms with Crippen LogP contribution in [0.25, 0.3) is 0 Å². The predicted molar refractivity (Wildman–Crippen MR) is 85.8 cm³/mol. The summed E-state index contributed by atoms with van der Waals surface area (Å²) >= 11 is 1.07. The van der Waals surface area contributed by atoms with Gasteiger partial charge in [0.1, 0.15) is 17.7 Å². The predicted octanol–water partition coefficient (Wildman–Crippen LogP) is 1.98. The highest BCUT2D eigenvalue weighted by molar-refractivity contribution is 7.91. The Morgan fingerprint density at radius 2 is 1.91 bits per heavy atom. The molecule has 23 heavy (non-hydrogen) atoms. The molecule has 0 spiro atoms. The fourth-order valence-electron chi connectivity index (χ4n) is 2.40. The van der Waals surface area contributed by atoms with Crippen molar-refractivity contribution in [2.24, 2.45) is 5.14 Å². The molecule has 1 fully saturated rings. The number of aromatic nitrogens is 1. The maximum absolute atomic E-state index is 12.9. The molecule has 0 radical (unpaired) electrons. The van der Waals surface area contributed by atoms with Gasteiger partial charge in [0, 0.05) is 25.9 Å². The Kier molecular flexibility index (Phi) is 4.51. The molecule has 3 rings (SSSR count). The van der Waals surface area contributed by atoms with Crippen LogP contribution in [0.3, 0.4) is 0 Å². The van der Waals surface area contributed by atoms with Gasteiger partial charge in [-0.2, -0.15) is 0 Å². The number of hydrogen-bond acceptors (Lipinski definition) is 6. The zero-order valence-electron chi connectivity index (χ0n) is 12.2. The average molecular weight is 357 g/mol. The lowest BCUT2D eigenvalue weighted by atomic mass is 10.1. The Morgan fingerprint density at radius 3 is 2.48 bits per heavy atom. The summed E-state index contributed by atoms with van der Waals surface area (Å²) in [5.41, 5.74) is 0. The van der Waals surface area contributed by atoms with Gasteiger partial charge >= 0.3 is 0 Å². The minimum Gasteiger partial charge on any atom is -0.490 e. The number of ether oxygens (including phenoxy) is 1. The largest absolute Gasteiger partial charge is 0.490 e. The number of hydrogen-bond donors (Lipinski definition) is 1. The first-order chi connectivity index (χ1) is 10.9. The Bertz CT molecular complexity index is 769. The summed E-state index contributed by atoms with van der Waals surface area (Å²) in [4.78, 5) is 6.15. The minimum atomic E-state index is -3.70. The van der Waals surface area contributed by atoms with E-state index in [9.17, 15) is 12.8 Å². The van der Waals surface area contributed by atoms with Crippen molar-refractivity contribution in [2.75, 3.05) is 18.0 Å². The molecule has 9 heteroatoms. The zero-order chi connectivity index (χ0) is 16.4. The summed E-state index contributed by atoms with van der Waals surface area (Å²) in [6.45, 7) is 1.42. The van der Waals surface area contributed by atoms with E-state index >= 15 is 0 Å². The molecule has 1 saturated heterocycles. The van der Waals surface area contributed by atoms with Crippen molar-refractivity contribution in [3.8, 4) is 5.75 Å². The molecule has 2 N–H and O–H groups in total. The van der Waals surface area contributed by atoms with E-state index in [1.54, 1.807) is 12.1 Å². The van der Waals surface area contributed by atoms with Crippen LogP contribution in [0.4, 0.5) is 9.52 Å². The molecule has 1 aromatic heterocycles. The second-order valence-corrected chi connectivity index (χ2v) is 8.06. The van der Waals surface area contributed by atoms with Crippen molar-refractivity contribution < 1.29 is 17.5 Å². The number of thiazole rings is 1. The van der Waals surface area contributed by atoms with Crippen LogP contribution in [0.5, 0.6) is 5.75 Å². The van der Waals surface area contributed by atoms with Gasteiger partial charge in [0.25, 0.3) is 0 Å². The number of nitrogens with two attached hydrogens (primary N) is 1. The van der Waals surface area contributed by atoms with Crippen LogP contribution < -0.4 is 14.8 Å². The van der Waals surface area contributed by atoms with Crippen LogP contribution in [0.2, 0.25) is 0 Å². The molecule has 1 aromatic carbocycles. The standard InChI is InChI=1S/C14H16FN3O3S2/c15-10-1-3-11(4-2-10)21-12-5-7-18(8-6-12)14-17-9-13(22-14)23(16,19)20/h1-4,9,12H,5-8H2,(H2,16,19,20). The highest BCUT2D eigenvalue weighted by Gasteiger charge is 2.24. The molecular weight excluding hydrogens is 341 g/mol. The molecule has 0 saturated carbocycles. The molecule has 0 unspecified atom stereocenters. The van der Waals surface area contributed by atoms with Crippen molar-refractivity contribution in [1.29, 1.82) is 0 Å². The average Bonchev–Trinajstić information content (AvgIpc) is 3.00. The van der Waals surface area contributed by atoms with Gasteiger partial charge < -0.3 is 9.64 Å². The van der Waals surface area contributed by atoms with E-state index in [1.165, 1.54) is 18.3 Å². The number of halogens is 1. The minimum absolute atomic E-state index is 0.0504. The van der Waals surface area contributed by atoms with Gasteiger partial charge in [0.05, 0.1) is 6.20 Å². The van der Waals surface area contributed by atoms with E-state index in [4.69, 9.17) is 9.88 Å². The van der Waals surface area contributed by atoms with Crippen molar-refractivity contribution in [3.63, 3.8) is 0 Å². The number of anilines is 1. The fraction of sp³-hybridized carbons (Fsp3) is 0.357. The molecule has 6 nitrogen and oxygen atoms in total. The molecule has 0 atom stereocenters. The topological polar surface area (TPSA) is 85.5 Å². The van der Waals surface area contributed by atoms with E-state index in [1.807, 2.05) is 4.90 Å². The van der Waals surface area contributed by atoms with Crippen molar-refractivity contribution in [1.82, 2.24) is 4.98 Å². The number of sulfonamides is 1. The smallest absolute Gasteiger partial charge is 0.249 e. The summed E-state index contributed by atoms with van der Waals surface area (Å²) in [6, 6.07) is 5.96. The van der Waals surface area contributed by atoms with Crippen molar-refractivity contribution in [3.05, 3.63) is 36.3 Å². The lowest BCUT2D eigenvalue weighted by Crippen LogP contribution is -2.38. The highest BCUT2D eigenvalue weighted by atomic mass is 32.2. The van der Waals surface area contributed by atoms with E-state index in [-0.39, 0.29) is 16.1 Å². The van der Waals surface area contributed by atoms with Gasteiger partial charge in [-0.15, -0.1) is 0 Å². The number of primary sulfonamides is 1. The van der Waals surface area contributed by atoms with Crippen LogP contribution in [-0.2, 0) is 10.0 Å². The Morgan fingerprint density at radius 1 is 1.26 bits per heavy atom. The lowest BCUT2D eigenvalue weighted by molar-refractivity contribution is 0.171. The summed E-state index contributed by atoms with van der Waals surface area (Å²) in [5, 5.41) is 5.74. The molecule has 2 aromatic rings. The third-order valence-electron chi connectivity index (χ3n) is 3.58. The molecule has 0 amide bonds. The van der Waals surface area contributed by atoms with Crippen LogP contribution in [0.15, 0.2) is 34.7 Å². The monoisotopic (exact) mass is 357 g/mol. The van der Waals surface area contributed by atoms with Crippen LogP contribution >= 0.6 is 11.3 Å². The van der Waals surface area contributed by atoms with E-state index in [0.29, 0.717) is 24.0 Å². The third kappa shape index (κ3) is 3.98. The van der Waals surface area contributed by atoms with Crippen LogP contribution in [0.1, 0.15) is 12.8 Å². The maximum atomic E-state index is 12.9.